The number of nitrogens with two attached hydrogens (primary N) is 1. The molecule has 0 aliphatic rings. The van der Waals surface area contributed by atoms with Gasteiger partial charge < -0.3 is 10.2 Å². The van der Waals surface area contributed by atoms with Gasteiger partial charge in [0.2, 0.25) is 5.89 Å². The Morgan fingerprint density at radius 3 is 2.76 bits per heavy atom. The van der Waals surface area contributed by atoms with Crippen molar-refractivity contribution in [1.29, 1.82) is 0 Å². The summed E-state index contributed by atoms with van der Waals surface area (Å²) in [7, 11) is 0. The number of hydrogen-bond acceptors (Lipinski definition) is 3. The van der Waals surface area contributed by atoms with Crippen LogP contribution in [-0.4, -0.2) is 4.98 Å². The Kier molecular flexibility index (Phi) is 2.37. The third-order valence-corrected chi connectivity index (χ3v) is 3.21. The molecule has 0 atom stereocenters. The Labute approximate surface area is 106 Å². The predicted molar refractivity (Wildman–Crippen MR) is 71.6 cm³/mol. The molecular weight excluding hydrogens is 280 g/mol. The van der Waals surface area contributed by atoms with Crippen LogP contribution in [0.3, 0.4) is 0 Å². The number of halogens is 1. The molecule has 0 unspecified atom stereocenters. The molecule has 1 aromatic heterocycles. The molecule has 0 spiro atoms. The molecule has 4 heteroatoms. The quantitative estimate of drug-likeness (QED) is 0.692. The summed E-state index contributed by atoms with van der Waals surface area (Å²) < 4.78 is 6.65. The first-order chi connectivity index (χ1) is 8.24. The number of nitrogens with zero attached hydrogens (tertiary/aromatic N) is 1. The Morgan fingerprint density at radius 1 is 1.12 bits per heavy atom. The van der Waals surface area contributed by atoms with Crippen LogP contribution in [0.5, 0.6) is 0 Å². The maximum Gasteiger partial charge on any atom is 0.228 e. The summed E-state index contributed by atoms with van der Waals surface area (Å²) in [6.45, 7) is 0. The summed E-state index contributed by atoms with van der Waals surface area (Å²) in [6, 6.07) is 13.3. The number of anilines is 1. The zero-order valence-corrected chi connectivity index (χ0v) is 10.4. The van der Waals surface area contributed by atoms with Crippen molar-refractivity contribution in [3.63, 3.8) is 0 Å². The van der Waals surface area contributed by atoms with E-state index in [0.717, 1.165) is 15.6 Å². The second-order valence-corrected chi connectivity index (χ2v) is 4.58. The minimum atomic E-state index is 0.595. The van der Waals surface area contributed by atoms with Crippen molar-refractivity contribution in [2.45, 2.75) is 0 Å². The molecule has 0 saturated carbocycles. The van der Waals surface area contributed by atoms with Crippen molar-refractivity contribution in [1.82, 2.24) is 4.98 Å². The summed E-state index contributed by atoms with van der Waals surface area (Å²) in [5.41, 5.74) is 8.83. The Morgan fingerprint density at radius 2 is 1.94 bits per heavy atom. The highest BCUT2D eigenvalue weighted by molar-refractivity contribution is 9.10. The SMILES string of the molecule is Nc1ccc2nc(-c3ccccc3Br)oc2c1. The van der Waals surface area contributed by atoms with Crippen LogP contribution in [-0.2, 0) is 0 Å². The van der Waals surface area contributed by atoms with Crippen LogP contribution < -0.4 is 5.73 Å². The second-order valence-electron chi connectivity index (χ2n) is 3.73. The molecular formula is C13H9BrN2O. The van der Waals surface area contributed by atoms with E-state index in [4.69, 9.17) is 10.2 Å². The van der Waals surface area contributed by atoms with E-state index >= 15 is 0 Å². The van der Waals surface area contributed by atoms with Gasteiger partial charge in [-0.05, 0) is 40.2 Å². The summed E-state index contributed by atoms with van der Waals surface area (Å²) >= 11 is 3.48. The van der Waals surface area contributed by atoms with Gasteiger partial charge in [0.1, 0.15) is 5.52 Å². The van der Waals surface area contributed by atoms with Crippen LogP contribution >= 0.6 is 15.9 Å². The number of benzene rings is 2. The molecule has 84 valence electrons. The van der Waals surface area contributed by atoms with Crippen molar-refractivity contribution >= 4 is 32.7 Å². The molecule has 2 N–H and O–H groups in total. The standard InChI is InChI=1S/C13H9BrN2O/c14-10-4-2-1-3-9(10)13-16-11-6-5-8(15)7-12(11)17-13/h1-7H,15H2. The maximum absolute atomic E-state index is 5.70. The van der Waals surface area contributed by atoms with Gasteiger partial charge >= 0.3 is 0 Å². The fourth-order valence-corrected chi connectivity index (χ4v) is 2.15. The predicted octanol–water partition coefficient (Wildman–Crippen LogP) is 3.84. The number of nitrogen functional groups attached to an aromatic ring is 1. The van der Waals surface area contributed by atoms with Gasteiger partial charge in [0.15, 0.2) is 5.58 Å². The van der Waals surface area contributed by atoms with Gasteiger partial charge in [0.05, 0.1) is 5.56 Å². The van der Waals surface area contributed by atoms with Gasteiger partial charge in [-0.3, -0.25) is 0 Å². The zero-order valence-electron chi connectivity index (χ0n) is 8.85. The molecule has 17 heavy (non-hydrogen) atoms. The van der Waals surface area contributed by atoms with Gasteiger partial charge in [-0.25, -0.2) is 4.98 Å². The van der Waals surface area contributed by atoms with Crippen molar-refractivity contribution in [2.24, 2.45) is 0 Å². The van der Waals surface area contributed by atoms with E-state index in [1.807, 2.05) is 36.4 Å². The monoisotopic (exact) mass is 288 g/mol. The van der Waals surface area contributed by atoms with E-state index in [2.05, 4.69) is 20.9 Å². The Hall–Kier alpha value is -1.81. The number of rotatable bonds is 1. The molecule has 0 radical (unpaired) electrons. The normalized spacial score (nSPS) is 10.9. The molecule has 0 fully saturated rings. The summed E-state index contributed by atoms with van der Waals surface area (Å²) in [5.74, 6) is 0.595. The lowest BCUT2D eigenvalue weighted by atomic mass is 10.2. The molecule has 0 aliphatic heterocycles. The molecule has 2 aromatic carbocycles. The lowest BCUT2D eigenvalue weighted by Gasteiger charge is -1.97. The average Bonchev–Trinajstić information content (AvgIpc) is 2.72. The number of aromatic nitrogens is 1. The van der Waals surface area contributed by atoms with E-state index in [1.54, 1.807) is 6.07 Å². The average molecular weight is 289 g/mol. The van der Waals surface area contributed by atoms with E-state index in [1.165, 1.54) is 0 Å². The summed E-state index contributed by atoms with van der Waals surface area (Å²) in [5, 5.41) is 0. The molecule has 0 amide bonds. The fourth-order valence-electron chi connectivity index (χ4n) is 1.69. The molecule has 3 rings (SSSR count). The van der Waals surface area contributed by atoms with Crippen LogP contribution in [0.25, 0.3) is 22.6 Å². The van der Waals surface area contributed by atoms with E-state index < -0.39 is 0 Å². The Balaban J connectivity index is 2.22. The molecule has 3 nitrogen and oxygen atoms in total. The fraction of sp³-hybridized carbons (Fsp3) is 0. The van der Waals surface area contributed by atoms with E-state index in [9.17, 15) is 0 Å². The summed E-state index contributed by atoms with van der Waals surface area (Å²) in [4.78, 5) is 4.43. The minimum absolute atomic E-state index is 0.595. The molecule has 0 saturated heterocycles. The van der Waals surface area contributed by atoms with Gasteiger partial charge in [-0.15, -0.1) is 0 Å². The van der Waals surface area contributed by atoms with E-state index in [0.29, 0.717) is 17.2 Å². The highest BCUT2D eigenvalue weighted by Gasteiger charge is 2.10. The van der Waals surface area contributed by atoms with Gasteiger partial charge in [-0.1, -0.05) is 12.1 Å². The third kappa shape index (κ3) is 1.80. The van der Waals surface area contributed by atoms with Crippen LogP contribution in [0.4, 0.5) is 5.69 Å². The van der Waals surface area contributed by atoms with Gasteiger partial charge in [0, 0.05) is 16.2 Å². The van der Waals surface area contributed by atoms with E-state index in [-0.39, 0.29) is 0 Å². The smallest absolute Gasteiger partial charge is 0.228 e. The Bertz CT molecular complexity index is 691. The van der Waals surface area contributed by atoms with Crippen molar-refractivity contribution < 1.29 is 4.42 Å². The third-order valence-electron chi connectivity index (χ3n) is 2.52. The van der Waals surface area contributed by atoms with Crippen LogP contribution in [0.15, 0.2) is 51.4 Å². The second kappa shape index (κ2) is 3.89. The first-order valence-corrected chi connectivity index (χ1v) is 5.94. The van der Waals surface area contributed by atoms with Crippen LogP contribution in [0.1, 0.15) is 0 Å². The highest BCUT2D eigenvalue weighted by atomic mass is 79.9. The minimum Gasteiger partial charge on any atom is -0.436 e. The number of fused-ring (bicyclic) bond motifs is 1. The molecule has 1 heterocycles. The topological polar surface area (TPSA) is 52.0 Å². The molecule has 0 aliphatic carbocycles. The largest absolute Gasteiger partial charge is 0.436 e. The first kappa shape index (κ1) is 10.4. The van der Waals surface area contributed by atoms with Crippen LogP contribution in [0, 0.1) is 0 Å². The highest BCUT2D eigenvalue weighted by Crippen LogP contribution is 2.30. The zero-order chi connectivity index (χ0) is 11.8. The van der Waals surface area contributed by atoms with Crippen LogP contribution in [0.2, 0.25) is 0 Å². The first-order valence-electron chi connectivity index (χ1n) is 5.15. The lowest BCUT2D eigenvalue weighted by molar-refractivity contribution is 0.619. The molecule has 0 bridgehead atoms. The lowest BCUT2D eigenvalue weighted by Crippen LogP contribution is -1.81. The van der Waals surface area contributed by atoms with Crippen molar-refractivity contribution in [3.05, 3.63) is 46.9 Å². The maximum atomic E-state index is 5.70. The van der Waals surface area contributed by atoms with Gasteiger partial charge in [-0.2, -0.15) is 0 Å². The molecule has 3 aromatic rings. The number of hydrogen-bond donors (Lipinski definition) is 1. The summed E-state index contributed by atoms with van der Waals surface area (Å²) in [6.07, 6.45) is 0. The van der Waals surface area contributed by atoms with Crippen molar-refractivity contribution in [3.8, 4) is 11.5 Å². The number of oxazole rings is 1. The van der Waals surface area contributed by atoms with Gasteiger partial charge in [0.25, 0.3) is 0 Å². The van der Waals surface area contributed by atoms with Crippen molar-refractivity contribution in [2.75, 3.05) is 5.73 Å².